The van der Waals surface area contributed by atoms with Crippen molar-refractivity contribution in [3.63, 3.8) is 0 Å². The molecule has 0 saturated carbocycles. The van der Waals surface area contributed by atoms with Gasteiger partial charge in [0, 0.05) is 30.4 Å². The highest BCUT2D eigenvalue weighted by molar-refractivity contribution is 6.37. The number of fused-ring (bicyclic) bond motifs is 1. The Bertz CT molecular complexity index is 1800. The number of ether oxygens (including phenoxy) is 2. The van der Waals surface area contributed by atoms with Crippen LogP contribution in [0.2, 0.25) is 10.0 Å². The van der Waals surface area contributed by atoms with Gasteiger partial charge in [-0.25, -0.2) is 4.98 Å². The first kappa shape index (κ1) is 33.6. The van der Waals surface area contributed by atoms with E-state index in [4.69, 9.17) is 42.9 Å². The molecule has 0 aliphatic heterocycles. The van der Waals surface area contributed by atoms with Crippen molar-refractivity contribution in [1.29, 1.82) is 0 Å². The molecule has 1 atom stereocenters. The molecule has 0 fully saturated rings. The highest BCUT2D eigenvalue weighted by atomic mass is 35.5. The molecule has 2 aromatic carbocycles. The molecule has 47 heavy (non-hydrogen) atoms. The fourth-order valence-corrected chi connectivity index (χ4v) is 5.86. The summed E-state index contributed by atoms with van der Waals surface area (Å²) in [6.07, 6.45) is 2.54. The number of aromatic nitrogens is 2. The number of benzene rings is 2. The molecule has 1 amide bonds. The number of hydrogen-bond acceptors (Lipinski definition) is 9. The van der Waals surface area contributed by atoms with Crippen molar-refractivity contribution in [2.45, 2.75) is 32.0 Å². The van der Waals surface area contributed by atoms with Crippen LogP contribution in [0.25, 0.3) is 11.1 Å². The Morgan fingerprint density at radius 1 is 0.936 bits per heavy atom. The number of nitrogens with one attached hydrogen (secondary N) is 3. The number of carboxylic acid groups (broad SMARTS) is 2. The van der Waals surface area contributed by atoms with Gasteiger partial charge in [0.2, 0.25) is 11.8 Å². The number of carboxylic acids is 2. The van der Waals surface area contributed by atoms with Crippen LogP contribution in [-0.4, -0.2) is 58.2 Å². The topological polar surface area (TPSA) is 172 Å². The SMILES string of the molecule is COc1nc(OC2CCc3c(-c4cccc(C(=O)Nc5ccc(CNCC(=O)O)cn5)c4Cl)cccc32)c(Cl)cc1CNCC(=O)O. The molecule has 2 aromatic heterocycles. The number of aliphatic carboxylic acids is 2. The Balaban J connectivity index is 1.32. The molecule has 0 saturated heterocycles. The monoisotopic (exact) mass is 679 g/mol. The molecule has 1 unspecified atom stereocenters. The zero-order valence-electron chi connectivity index (χ0n) is 25.2. The van der Waals surface area contributed by atoms with Gasteiger partial charge in [-0.3, -0.25) is 14.4 Å². The van der Waals surface area contributed by atoms with Crippen LogP contribution >= 0.6 is 23.2 Å². The maximum Gasteiger partial charge on any atom is 0.317 e. The van der Waals surface area contributed by atoms with Gasteiger partial charge in [-0.05, 0) is 53.3 Å². The number of anilines is 1. The van der Waals surface area contributed by atoms with Crippen LogP contribution in [-0.2, 0) is 29.1 Å². The number of nitrogens with zero attached hydrogens (tertiary/aromatic N) is 2. The lowest BCUT2D eigenvalue weighted by atomic mass is 9.95. The molecular formula is C33H31Cl2N5O7. The minimum atomic E-state index is -0.983. The quantitative estimate of drug-likeness (QED) is 0.120. The summed E-state index contributed by atoms with van der Waals surface area (Å²) in [5, 5.41) is 26.6. The number of pyridine rings is 2. The minimum Gasteiger partial charge on any atom is -0.481 e. The second kappa shape index (κ2) is 15.2. The van der Waals surface area contributed by atoms with E-state index in [-0.39, 0.29) is 48.1 Å². The van der Waals surface area contributed by atoms with Crippen LogP contribution in [0.15, 0.2) is 60.8 Å². The van der Waals surface area contributed by atoms with Crippen molar-refractivity contribution in [3.05, 3.63) is 98.7 Å². The first-order valence-electron chi connectivity index (χ1n) is 14.6. The fraction of sp³-hybridized carbons (Fsp3) is 0.242. The lowest BCUT2D eigenvalue weighted by Gasteiger charge is -2.18. The summed E-state index contributed by atoms with van der Waals surface area (Å²) in [6.45, 7) is 0.135. The molecule has 4 aromatic rings. The average Bonchev–Trinajstić information content (AvgIpc) is 3.45. The lowest BCUT2D eigenvalue weighted by Crippen LogP contribution is -2.22. The summed E-state index contributed by atoms with van der Waals surface area (Å²) in [5.74, 6) is -1.56. The van der Waals surface area contributed by atoms with Crippen molar-refractivity contribution in [2.75, 3.05) is 25.5 Å². The number of rotatable bonds is 14. The second-order valence-electron chi connectivity index (χ2n) is 10.6. The highest BCUT2D eigenvalue weighted by Crippen LogP contribution is 2.43. The average molecular weight is 681 g/mol. The van der Waals surface area contributed by atoms with Gasteiger partial charge in [0.25, 0.3) is 5.91 Å². The van der Waals surface area contributed by atoms with Crippen molar-refractivity contribution < 1.29 is 34.1 Å². The van der Waals surface area contributed by atoms with Crippen LogP contribution in [0.1, 0.15) is 45.1 Å². The van der Waals surface area contributed by atoms with Gasteiger partial charge in [0.15, 0.2) is 0 Å². The smallest absolute Gasteiger partial charge is 0.317 e. The van der Waals surface area contributed by atoms with Gasteiger partial charge in [-0.15, -0.1) is 0 Å². The molecule has 0 spiro atoms. The van der Waals surface area contributed by atoms with Crippen LogP contribution in [0.5, 0.6) is 11.8 Å². The van der Waals surface area contributed by atoms with Crippen LogP contribution in [0, 0.1) is 0 Å². The number of carbonyl (C=O) groups is 3. The Kier molecular flexibility index (Phi) is 10.9. The van der Waals surface area contributed by atoms with Crippen LogP contribution in [0.3, 0.4) is 0 Å². The number of amides is 1. The normalized spacial score (nSPS) is 13.6. The maximum atomic E-state index is 13.2. The highest BCUT2D eigenvalue weighted by Gasteiger charge is 2.29. The Labute approximate surface area is 280 Å². The Morgan fingerprint density at radius 3 is 2.36 bits per heavy atom. The maximum absolute atomic E-state index is 13.2. The third-order valence-corrected chi connectivity index (χ3v) is 8.12. The van der Waals surface area contributed by atoms with Crippen molar-refractivity contribution in [3.8, 4) is 22.9 Å². The Hall–Kier alpha value is -4.75. The Morgan fingerprint density at radius 2 is 1.66 bits per heavy atom. The van der Waals surface area contributed by atoms with E-state index in [0.29, 0.717) is 41.4 Å². The second-order valence-corrected chi connectivity index (χ2v) is 11.4. The zero-order chi connectivity index (χ0) is 33.5. The standard InChI is InChI=1S/C33H31Cl2N5O7/c1-46-32-19(15-37-17-29(43)44)12-25(34)33(40-32)47-26-10-9-21-20(4-2-5-22(21)26)23-6-3-7-24(30(23)35)31(45)39-27-11-8-18(14-38-27)13-36-16-28(41)42/h2-8,11-12,14,26,36-37H,9-10,13,15-17H2,1H3,(H,41,42)(H,43,44)(H,38,39,45). The van der Waals surface area contributed by atoms with Crippen LogP contribution in [0.4, 0.5) is 5.82 Å². The molecule has 12 nitrogen and oxygen atoms in total. The molecule has 244 valence electrons. The predicted molar refractivity (Wildman–Crippen MR) is 175 cm³/mol. The third kappa shape index (κ3) is 8.16. The predicted octanol–water partition coefficient (Wildman–Crippen LogP) is 5.13. The molecule has 1 aliphatic carbocycles. The van der Waals surface area contributed by atoms with E-state index in [9.17, 15) is 14.4 Å². The van der Waals surface area contributed by atoms with Gasteiger partial charge >= 0.3 is 11.9 Å². The van der Waals surface area contributed by atoms with E-state index in [1.165, 1.54) is 7.11 Å². The summed E-state index contributed by atoms with van der Waals surface area (Å²) in [7, 11) is 1.47. The number of hydrogen-bond donors (Lipinski definition) is 5. The van der Waals surface area contributed by atoms with Gasteiger partial charge in [-0.2, -0.15) is 4.98 Å². The lowest BCUT2D eigenvalue weighted by molar-refractivity contribution is -0.137. The van der Waals surface area contributed by atoms with E-state index < -0.39 is 17.8 Å². The minimum absolute atomic E-state index is 0.170. The first-order chi connectivity index (χ1) is 22.6. The number of carbonyl (C=O) groups excluding carboxylic acids is 1. The van der Waals surface area contributed by atoms with Crippen molar-refractivity contribution in [1.82, 2.24) is 20.6 Å². The van der Waals surface area contributed by atoms with E-state index in [0.717, 1.165) is 22.3 Å². The third-order valence-electron chi connectivity index (χ3n) is 7.44. The summed E-state index contributed by atoms with van der Waals surface area (Å²) in [4.78, 5) is 43.5. The molecular weight excluding hydrogens is 649 g/mol. The number of methoxy groups -OCH3 is 1. The summed E-state index contributed by atoms with van der Waals surface area (Å²) in [5.41, 5.74) is 5.19. The fourth-order valence-electron chi connectivity index (χ4n) is 5.33. The van der Waals surface area contributed by atoms with Gasteiger partial charge < -0.3 is 35.6 Å². The van der Waals surface area contributed by atoms with E-state index in [1.54, 1.807) is 36.5 Å². The zero-order valence-corrected chi connectivity index (χ0v) is 26.7. The van der Waals surface area contributed by atoms with Crippen molar-refractivity contribution >= 4 is 46.9 Å². The molecule has 5 rings (SSSR count). The summed E-state index contributed by atoms with van der Waals surface area (Å²) in [6, 6.07) is 16.1. The van der Waals surface area contributed by atoms with E-state index in [2.05, 4.69) is 25.9 Å². The first-order valence-corrected chi connectivity index (χ1v) is 15.3. The van der Waals surface area contributed by atoms with Crippen LogP contribution < -0.4 is 25.4 Å². The van der Waals surface area contributed by atoms with E-state index in [1.807, 2.05) is 24.3 Å². The van der Waals surface area contributed by atoms with E-state index >= 15 is 0 Å². The molecule has 14 heteroatoms. The molecule has 1 aliphatic rings. The summed E-state index contributed by atoms with van der Waals surface area (Å²) < 4.78 is 11.7. The summed E-state index contributed by atoms with van der Waals surface area (Å²) >= 11 is 13.4. The largest absolute Gasteiger partial charge is 0.481 e. The number of halogens is 2. The molecule has 0 radical (unpaired) electrons. The van der Waals surface area contributed by atoms with Gasteiger partial charge in [0.1, 0.15) is 16.9 Å². The van der Waals surface area contributed by atoms with Gasteiger partial charge in [-0.1, -0.05) is 59.6 Å². The molecule has 0 bridgehead atoms. The molecule has 2 heterocycles. The molecule has 5 N–H and O–H groups in total. The van der Waals surface area contributed by atoms with Crippen molar-refractivity contribution in [2.24, 2.45) is 0 Å². The van der Waals surface area contributed by atoms with Gasteiger partial charge in [0.05, 0.1) is 30.8 Å².